The molecule has 1 aliphatic rings. The Morgan fingerprint density at radius 1 is 1.44 bits per heavy atom. The Morgan fingerprint density at radius 2 is 2.00 bits per heavy atom. The summed E-state index contributed by atoms with van der Waals surface area (Å²) >= 11 is 0. The number of likely N-dealkylation sites (tertiary alicyclic amines) is 1. The summed E-state index contributed by atoms with van der Waals surface area (Å²) in [4.78, 5) is 23.0. The second kappa shape index (κ2) is 3.92. The summed E-state index contributed by atoms with van der Waals surface area (Å²) in [5.74, 6) is -0.983. The van der Waals surface area contributed by atoms with Crippen molar-refractivity contribution in [2.45, 2.75) is 38.5 Å². The van der Waals surface area contributed by atoms with Crippen LogP contribution in [0.1, 0.15) is 27.2 Å². The number of rotatable bonds is 1. The van der Waals surface area contributed by atoms with E-state index in [9.17, 15) is 14.0 Å². The Labute approximate surface area is 93.2 Å². The fourth-order valence-electron chi connectivity index (χ4n) is 1.47. The van der Waals surface area contributed by atoms with E-state index < -0.39 is 29.9 Å². The number of alkyl halides is 1. The van der Waals surface area contributed by atoms with Crippen LogP contribution in [0.25, 0.3) is 0 Å². The van der Waals surface area contributed by atoms with Gasteiger partial charge in [0.15, 0.2) is 0 Å². The minimum atomic E-state index is -2.20. The van der Waals surface area contributed by atoms with Gasteiger partial charge in [0.2, 0.25) is 5.67 Å². The monoisotopic (exact) mass is 233 g/mol. The van der Waals surface area contributed by atoms with Crippen molar-refractivity contribution in [3.8, 4) is 0 Å². The van der Waals surface area contributed by atoms with Gasteiger partial charge in [0.25, 0.3) is 0 Å². The largest absolute Gasteiger partial charge is 0.465 e. The van der Waals surface area contributed by atoms with Crippen LogP contribution in [0.15, 0.2) is 0 Å². The zero-order valence-corrected chi connectivity index (χ0v) is 9.62. The lowest BCUT2D eigenvalue weighted by Gasteiger charge is -2.25. The van der Waals surface area contributed by atoms with Crippen molar-refractivity contribution >= 4 is 12.1 Å². The minimum Gasteiger partial charge on any atom is -0.465 e. The number of halogens is 1. The molecule has 0 radical (unpaired) electrons. The summed E-state index contributed by atoms with van der Waals surface area (Å²) in [6, 6.07) is 0. The van der Waals surface area contributed by atoms with Gasteiger partial charge in [-0.3, -0.25) is 0 Å². The zero-order chi connectivity index (χ0) is 12.6. The van der Waals surface area contributed by atoms with E-state index in [1.165, 1.54) is 0 Å². The van der Waals surface area contributed by atoms with Crippen LogP contribution in [0.5, 0.6) is 0 Å². The third-order valence-electron chi connectivity index (χ3n) is 2.25. The van der Waals surface area contributed by atoms with E-state index >= 15 is 0 Å². The summed E-state index contributed by atoms with van der Waals surface area (Å²) in [5, 5.41) is 8.67. The molecule has 1 rings (SSSR count). The van der Waals surface area contributed by atoms with E-state index in [1.54, 1.807) is 20.8 Å². The average Bonchev–Trinajstić information content (AvgIpc) is 2.46. The predicted molar refractivity (Wildman–Crippen MR) is 53.9 cm³/mol. The molecular weight excluding hydrogens is 217 g/mol. The van der Waals surface area contributed by atoms with Crippen molar-refractivity contribution in [3.05, 3.63) is 0 Å². The van der Waals surface area contributed by atoms with Crippen molar-refractivity contribution in [2.24, 2.45) is 0 Å². The molecule has 1 N–H and O–H groups in total. The van der Waals surface area contributed by atoms with Crippen LogP contribution in [0.2, 0.25) is 0 Å². The molecule has 1 unspecified atom stereocenters. The molecule has 0 aliphatic carbocycles. The van der Waals surface area contributed by atoms with Crippen LogP contribution in [0.3, 0.4) is 0 Å². The molecule has 1 heterocycles. The SMILES string of the molecule is CC(C)(C)OC(=O)C1(F)CCN(C(=O)O)C1. The Hall–Kier alpha value is -1.33. The van der Waals surface area contributed by atoms with Gasteiger partial charge in [0, 0.05) is 13.0 Å². The number of hydrogen-bond acceptors (Lipinski definition) is 3. The van der Waals surface area contributed by atoms with E-state index in [1.807, 2.05) is 0 Å². The molecule has 5 nitrogen and oxygen atoms in total. The van der Waals surface area contributed by atoms with Gasteiger partial charge in [0.1, 0.15) is 5.60 Å². The van der Waals surface area contributed by atoms with Gasteiger partial charge in [-0.2, -0.15) is 0 Å². The Morgan fingerprint density at radius 3 is 2.38 bits per heavy atom. The topological polar surface area (TPSA) is 66.8 Å². The highest BCUT2D eigenvalue weighted by atomic mass is 19.1. The lowest BCUT2D eigenvalue weighted by molar-refractivity contribution is -0.168. The van der Waals surface area contributed by atoms with Crippen LogP contribution in [0.4, 0.5) is 9.18 Å². The van der Waals surface area contributed by atoms with E-state index in [0.29, 0.717) is 0 Å². The average molecular weight is 233 g/mol. The van der Waals surface area contributed by atoms with Crippen LogP contribution in [-0.2, 0) is 9.53 Å². The highest BCUT2D eigenvalue weighted by Gasteiger charge is 2.49. The summed E-state index contributed by atoms with van der Waals surface area (Å²) in [6.07, 6.45) is -1.36. The third-order valence-corrected chi connectivity index (χ3v) is 2.25. The molecule has 16 heavy (non-hydrogen) atoms. The number of carbonyl (C=O) groups excluding carboxylic acids is 1. The smallest absolute Gasteiger partial charge is 0.407 e. The molecule has 1 aliphatic heterocycles. The fraction of sp³-hybridized carbons (Fsp3) is 0.800. The first-order chi connectivity index (χ1) is 7.14. The first-order valence-corrected chi connectivity index (χ1v) is 5.04. The van der Waals surface area contributed by atoms with Gasteiger partial charge in [-0.15, -0.1) is 0 Å². The number of carboxylic acid groups (broad SMARTS) is 1. The predicted octanol–water partition coefficient (Wildman–Crippen LogP) is 1.42. The number of nitrogens with zero attached hydrogens (tertiary/aromatic N) is 1. The maximum absolute atomic E-state index is 14.1. The standard InChI is InChI=1S/C10H16FNO4/c1-9(2,3)16-7(13)10(11)4-5-12(6-10)8(14)15/h4-6H2,1-3H3,(H,14,15). The van der Waals surface area contributed by atoms with E-state index in [-0.39, 0.29) is 13.0 Å². The summed E-state index contributed by atoms with van der Waals surface area (Å²) in [6.45, 7) is 4.48. The summed E-state index contributed by atoms with van der Waals surface area (Å²) < 4.78 is 19.0. The Bertz CT molecular complexity index is 312. The second-order valence-electron chi connectivity index (χ2n) is 4.92. The van der Waals surface area contributed by atoms with E-state index in [2.05, 4.69) is 0 Å². The number of ether oxygens (including phenoxy) is 1. The maximum atomic E-state index is 14.1. The normalized spacial score (nSPS) is 25.6. The molecule has 1 saturated heterocycles. The second-order valence-corrected chi connectivity index (χ2v) is 4.92. The first-order valence-electron chi connectivity index (χ1n) is 5.04. The van der Waals surface area contributed by atoms with Gasteiger partial charge < -0.3 is 14.7 Å². The molecule has 0 aromatic carbocycles. The van der Waals surface area contributed by atoms with E-state index in [4.69, 9.17) is 9.84 Å². The van der Waals surface area contributed by atoms with Gasteiger partial charge in [-0.25, -0.2) is 14.0 Å². The summed E-state index contributed by atoms with van der Waals surface area (Å²) in [7, 11) is 0. The molecule has 0 aromatic rings. The molecular formula is C10H16FNO4. The molecule has 1 fully saturated rings. The fourth-order valence-corrected chi connectivity index (χ4v) is 1.47. The Kier molecular flexibility index (Phi) is 3.12. The van der Waals surface area contributed by atoms with Crippen molar-refractivity contribution in [1.82, 2.24) is 4.90 Å². The summed E-state index contributed by atoms with van der Waals surface area (Å²) in [5.41, 5.74) is -2.97. The van der Waals surface area contributed by atoms with Gasteiger partial charge in [-0.1, -0.05) is 0 Å². The molecule has 0 spiro atoms. The molecule has 0 saturated carbocycles. The van der Waals surface area contributed by atoms with Crippen molar-refractivity contribution in [2.75, 3.05) is 13.1 Å². The molecule has 6 heteroatoms. The quantitative estimate of drug-likeness (QED) is 0.695. The van der Waals surface area contributed by atoms with Gasteiger partial charge in [-0.05, 0) is 20.8 Å². The highest BCUT2D eigenvalue weighted by Crippen LogP contribution is 2.28. The third kappa shape index (κ3) is 2.84. The first kappa shape index (κ1) is 12.7. The van der Waals surface area contributed by atoms with Crippen molar-refractivity contribution in [1.29, 1.82) is 0 Å². The van der Waals surface area contributed by atoms with E-state index in [0.717, 1.165) is 4.90 Å². The van der Waals surface area contributed by atoms with Gasteiger partial charge in [0.05, 0.1) is 6.54 Å². The van der Waals surface area contributed by atoms with Crippen molar-refractivity contribution < 1.29 is 23.8 Å². The number of carbonyl (C=O) groups is 2. The van der Waals surface area contributed by atoms with Crippen LogP contribution < -0.4 is 0 Å². The Balaban J connectivity index is 2.67. The molecule has 92 valence electrons. The molecule has 0 aromatic heterocycles. The van der Waals surface area contributed by atoms with Crippen LogP contribution in [-0.4, -0.2) is 46.4 Å². The number of esters is 1. The van der Waals surface area contributed by atoms with Gasteiger partial charge >= 0.3 is 12.1 Å². The highest BCUT2D eigenvalue weighted by molar-refractivity contribution is 5.82. The molecule has 0 bridgehead atoms. The molecule has 1 amide bonds. The minimum absolute atomic E-state index is 0.0189. The zero-order valence-electron chi connectivity index (χ0n) is 9.62. The maximum Gasteiger partial charge on any atom is 0.407 e. The number of hydrogen-bond donors (Lipinski definition) is 1. The van der Waals surface area contributed by atoms with Crippen LogP contribution >= 0.6 is 0 Å². The van der Waals surface area contributed by atoms with Crippen LogP contribution in [0, 0.1) is 0 Å². The lowest BCUT2D eigenvalue weighted by Crippen LogP contribution is -2.42. The van der Waals surface area contributed by atoms with Crippen molar-refractivity contribution in [3.63, 3.8) is 0 Å². The lowest BCUT2D eigenvalue weighted by atomic mass is 10.1. The number of amides is 1. The molecule has 1 atom stereocenters.